The molecule has 0 unspecified atom stereocenters. The minimum Gasteiger partial charge on any atom is -0.497 e. The second-order valence-corrected chi connectivity index (χ2v) is 7.59. The molecule has 170 valence electrons. The van der Waals surface area contributed by atoms with Crippen molar-refractivity contribution in [2.24, 2.45) is 10.7 Å². The molecule has 8 nitrogen and oxygen atoms in total. The molecule has 33 heavy (non-hydrogen) atoms. The number of amidine groups is 1. The Balaban J connectivity index is 1.42. The topological polar surface area (TPSA) is 104 Å². The monoisotopic (exact) mass is 449 g/mol. The number of amides is 1. The predicted octanol–water partition coefficient (Wildman–Crippen LogP) is 3.57. The van der Waals surface area contributed by atoms with Gasteiger partial charge in [-0.3, -0.25) is 4.79 Å². The Morgan fingerprint density at radius 2 is 2.03 bits per heavy atom. The molecule has 0 saturated heterocycles. The van der Waals surface area contributed by atoms with Crippen LogP contribution in [0, 0.1) is 5.82 Å². The fourth-order valence-corrected chi connectivity index (χ4v) is 3.56. The summed E-state index contributed by atoms with van der Waals surface area (Å²) in [5.74, 6) is 0.475. The zero-order valence-electron chi connectivity index (χ0n) is 18.3. The molecule has 1 heterocycles. The molecule has 0 atom stereocenters. The third kappa shape index (κ3) is 4.57. The summed E-state index contributed by atoms with van der Waals surface area (Å²) in [4.78, 5) is 16.6. The number of rotatable bonds is 8. The summed E-state index contributed by atoms with van der Waals surface area (Å²) >= 11 is 0. The van der Waals surface area contributed by atoms with E-state index in [1.165, 1.54) is 12.1 Å². The van der Waals surface area contributed by atoms with Crippen LogP contribution in [-0.2, 0) is 10.2 Å². The molecule has 0 aliphatic heterocycles. The fourth-order valence-electron chi connectivity index (χ4n) is 3.56. The molecule has 9 heteroatoms. The molecule has 1 fully saturated rings. The van der Waals surface area contributed by atoms with Gasteiger partial charge in [-0.2, -0.15) is 10.1 Å². The molecule has 0 bridgehead atoms. The van der Waals surface area contributed by atoms with E-state index < -0.39 is 17.1 Å². The lowest BCUT2D eigenvalue weighted by Gasteiger charge is -2.12. The predicted molar refractivity (Wildman–Crippen MR) is 123 cm³/mol. The van der Waals surface area contributed by atoms with Gasteiger partial charge < -0.3 is 20.5 Å². The smallest absolute Gasteiger partial charge is 0.258 e. The first-order chi connectivity index (χ1) is 16.0. The molecule has 1 aliphatic rings. The lowest BCUT2D eigenvalue weighted by molar-refractivity contribution is -0.120. The normalized spacial score (nSPS) is 14.8. The summed E-state index contributed by atoms with van der Waals surface area (Å²) in [6.07, 6.45) is 7.54. The number of nitrogens with two attached hydrogens (primary N) is 1. The van der Waals surface area contributed by atoms with Crippen LogP contribution in [0.1, 0.15) is 18.4 Å². The van der Waals surface area contributed by atoms with E-state index in [4.69, 9.17) is 15.2 Å². The van der Waals surface area contributed by atoms with Gasteiger partial charge in [0.15, 0.2) is 0 Å². The number of methoxy groups -OCH3 is 2. The second kappa shape index (κ2) is 9.15. The number of hydrogen-bond acceptors (Lipinski definition) is 5. The molecule has 4 rings (SSSR count). The third-order valence-corrected chi connectivity index (χ3v) is 5.50. The Bertz CT molecular complexity index is 1230. The van der Waals surface area contributed by atoms with Crippen molar-refractivity contribution in [3.8, 4) is 17.2 Å². The fraction of sp³-hybridized carbons (Fsp3) is 0.208. The van der Waals surface area contributed by atoms with Gasteiger partial charge >= 0.3 is 0 Å². The Kier molecular flexibility index (Phi) is 6.12. The maximum Gasteiger partial charge on any atom is 0.258 e. The van der Waals surface area contributed by atoms with E-state index in [0.717, 1.165) is 5.69 Å². The van der Waals surface area contributed by atoms with Crippen LogP contribution in [0.5, 0.6) is 11.5 Å². The maximum atomic E-state index is 14.1. The first-order valence-corrected chi connectivity index (χ1v) is 10.3. The number of nitrogens with zero attached hydrogens (tertiary/aromatic N) is 3. The third-order valence-electron chi connectivity index (χ3n) is 5.50. The largest absolute Gasteiger partial charge is 0.497 e. The van der Waals surface area contributed by atoms with Crippen molar-refractivity contribution in [2.45, 2.75) is 18.3 Å². The van der Waals surface area contributed by atoms with Gasteiger partial charge in [-0.15, -0.1) is 0 Å². The second-order valence-electron chi connectivity index (χ2n) is 7.59. The van der Waals surface area contributed by atoms with Crippen LogP contribution < -0.4 is 20.5 Å². The van der Waals surface area contributed by atoms with E-state index in [1.54, 1.807) is 61.8 Å². The van der Waals surface area contributed by atoms with Crippen molar-refractivity contribution in [2.75, 3.05) is 19.5 Å². The Morgan fingerprint density at radius 1 is 1.24 bits per heavy atom. The molecular weight excluding hydrogens is 425 g/mol. The summed E-state index contributed by atoms with van der Waals surface area (Å²) in [6.45, 7) is 0. The average molecular weight is 449 g/mol. The minimum atomic E-state index is -0.907. The highest BCUT2D eigenvalue weighted by atomic mass is 19.1. The van der Waals surface area contributed by atoms with Crippen LogP contribution in [0.2, 0.25) is 0 Å². The molecule has 1 aromatic heterocycles. The van der Waals surface area contributed by atoms with Crippen molar-refractivity contribution in [3.63, 3.8) is 0 Å². The van der Waals surface area contributed by atoms with Gasteiger partial charge in [0.25, 0.3) is 5.91 Å². The van der Waals surface area contributed by atoms with Crippen LogP contribution in [0.15, 0.2) is 72.1 Å². The number of carbonyl (C=O) groups excluding carboxylic acids is 1. The highest BCUT2D eigenvalue weighted by Crippen LogP contribution is 2.50. The van der Waals surface area contributed by atoms with Crippen molar-refractivity contribution in [1.82, 2.24) is 9.78 Å². The standard InChI is InChI=1S/C24H24FN5O3/c1-32-17-7-8-20(21(13-17)33-2)30-15-16(14-28-30)27-12-9-22(26)29-23(31)24(10-11-24)18-5-3-4-6-19(18)25/h3-9,12-15,27H,10-11H2,1-2H3,(H2,26,29,31)/b12-9-. The van der Waals surface area contributed by atoms with Crippen LogP contribution in [0.4, 0.5) is 10.1 Å². The number of benzene rings is 2. The number of aliphatic imine (C=N–C) groups is 1. The Hall–Kier alpha value is -4.14. The molecule has 3 N–H and O–H groups in total. The van der Waals surface area contributed by atoms with E-state index in [9.17, 15) is 9.18 Å². The van der Waals surface area contributed by atoms with E-state index in [-0.39, 0.29) is 5.84 Å². The Labute approximate surface area is 190 Å². The van der Waals surface area contributed by atoms with Crippen LogP contribution in [0.3, 0.4) is 0 Å². The van der Waals surface area contributed by atoms with Crippen LogP contribution >= 0.6 is 0 Å². The summed E-state index contributed by atoms with van der Waals surface area (Å²) < 4.78 is 26.4. The molecule has 1 saturated carbocycles. The summed E-state index contributed by atoms with van der Waals surface area (Å²) in [5.41, 5.74) is 6.79. The van der Waals surface area contributed by atoms with Gasteiger partial charge in [-0.05, 0) is 37.1 Å². The highest BCUT2D eigenvalue weighted by molar-refractivity contribution is 6.04. The van der Waals surface area contributed by atoms with E-state index in [0.29, 0.717) is 35.6 Å². The van der Waals surface area contributed by atoms with Gasteiger partial charge in [0.05, 0.1) is 37.7 Å². The van der Waals surface area contributed by atoms with Gasteiger partial charge in [-0.25, -0.2) is 9.07 Å². The molecule has 1 aliphatic carbocycles. The first-order valence-electron chi connectivity index (χ1n) is 10.3. The van der Waals surface area contributed by atoms with Crippen molar-refractivity contribution < 1.29 is 18.7 Å². The van der Waals surface area contributed by atoms with E-state index in [2.05, 4.69) is 15.4 Å². The van der Waals surface area contributed by atoms with Gasteiger partial charge in [0, 0.05) is 17.8 Å². The van der Waals surface area contributed by atoms with Crippen LogP contribution in [0.25, 0.3) is 5.69 Å². The molecular formula is C24H24FN5O3. The number of anilines is 1. The van der Waals surface area contributed by atoms with Crippen molar-refractivity contribution >= 4 is 17.4 Å². The van der Waals surface area contributed by atoms with E-state index >= 15 is 0 Å². The average Bonchev–Trinajstić information content (AvgIpc) is 3.50. The van der Waals surface area contributed by atoms with Gasteiger partial charge in [0.1, 0.15) is 28.8 Å². The lowest BCUT2D eigenvalue weighted by atomic mass is 9.94. The van der Waals surface area contributed by atoms with E-state index in [1.807, 2.05) is 12.1 Å². The number of halogens is 1. The van der Waals surface area contributed by atoms with Gasteiger partial charge in [0.2, 0.25) is 0 Å². The molecule has 3 aromatic rings. The van der Waals surface area contributed by atoms with Crippen LogP contribution in [-0.4, -0.2) is 35.7 Å². The van der Waals surface area contributed by atoms with Crippen molar-refractivity contribution in [1.29, 1.82) is 0 Å². The van der Waals surface area contributed by atoms with Gasteiger partial charge in [-0.1, -0.05) is 18.2 Å². The first kappa shape index (κ1) is 22.1. The number of ether oxygens (including phenoxy) is 2. The lowest BCUT2D eigenvalue weighted by Crippen LogP contribution is -2.23. The zero-order valence-corrected chi connectivity index (χ0v) is 18.3. The maximum absolute atomic E-state index is 14.1. The Morgan fingerprint density at radius 3 is 2.73 bits per heavy atom. The molecule has 0 spiro atoms. The number of aromatic nitrogens is 2. The summed E-state index contributed by atoms with van der Waals surface area (Å²) in [6, 6.07) is 11.7. The molecule has 0 radical (unpaired) electrons. The SMILES string of the molecule is COc1ccc(-n2cc(N/C=C\C(N)=NC(=O)C3(c4ccccc4F)CC3)cn2)c(OC)c1. The van der Waals surface area contributed by atoms with Crippen molar-refractivity contribution in [3.05, 3.63) is 78.5 Å². The number of nitrogens with one attached hydrogen (secondary N) is 1. The molecule has 1 amide bonds. The zero-order chi connectivity index (χ0) is 23.4. The molecule has 2 aromatic carbocycles. The highest BCUT2D eigenvalue weighted by Gasteiger charge is 2.52. The quantitative estimate of drug-likeness (QED) is 0.403. The number of carbonyl (C=O) groups is 1. The summed E-state index contributed by atoms with van der Waals surface area (Å²) in [5, 5.41) is 7.36. The number of hydrogen-bond donors (Lipinski definition) is 2. The minimum absolute atomic E-state index is 0.0272. The summed E-state index contributed by atoms with van der Waals surface area (Å²) in [7, 11) is 3.16.